The summed E-state index contributed by atoms with van der Waals surface area (Å²) >= 11 is 1.59. The topological polar surface area (TPSA) is 56.2 Å². The van der Waals surface area contributed by atoms with Crippen LogP contribution in [0.4, 0.5) is 5.69 Å². The van der Waals surface area contributed by atoms with E-state index in [1.54, 1.807) is 23.6 Å². The van der Waals surface area contributed by atoms with Crippen LogP contribution in [-0.4, -0.2) is 28.9 Å². The third-order valence-corrected chi connectivity index (χ3v) is 3.93. The van der Waals surface area contributed by atoms with Crippen molar-refractivity contribution < 1.29 is 9.53 Å². The number of anilines is 1. The van der Waals surface area contributed by atoms with Gasteiger partial charge in [-0.05, 0) is 23.9 Å². The molecule has 20 heavy (non-hydrogen) atoms. The second-order valence-corrected chi connectivity index (χ2v) is 5.54. The molecule has 1 fully saturated rings. The van der Waals surface area contributed by atoms with E-state index in [0.29, 0.717) is 12.3 Å². The van der Waals surface area contributed by atoms with Gasteiger partial charge in [0.15, 0.2) is 0 Å². The number of nitrogens with one attached hydrogen (secondary N) is 1. The number of thiophene rings is 1. The van der Waals surface area contributed by atoms with Crippen molar-refractivity contribution in [2.75, 3.05) is 18.5 Å². The number of aromatic nitrogens is 2. The Hall–Kier alpha value is -1.92. The summed E-state index contributed by atoms with van der Waals surface area (Å²) in [5, 5.41) is 9.04. The van der Waals surface area contributed by atoms with Crippen molar-refractivity contribution in [3.8, 4) is 0 Å². The standard InChI is InChI=1S/C14H15N3O2S/c18-14(4-3-13-2-1-7-20-13)16-11-8-15-17(9-11)12-5-6-19-10-12/h1-4,7-9,12H,5-6,10H2,(H,16,18)/b4-3+. The van der Waals surface area contributed by atoms with Crippen LogP contribution < -0.4 is 5.32 Å². The summed E-state index contributed by atoms with van der Waals surface area (Å²) in [4.78, 5) is 12.8. The van der Waals surface area contributed by atoms with E-state index < -0.39 is 0 Å². The monoisotopic (exact) mass is 289 g/mol. The predicted molar refractivity (Wildman–Crippen MR) is 78.7 cm³/mol. The molecule has 1 saturated heterocycles. The van der Waals surface area contributed by atoms with Crippen LogP contribution in [0.25, 0.3) is 6.08 Å². The van der Waals surface area contributed by atoms with Gasteiger partial charge in [-0.3, -0.25) is 9.48 Å². The average Bonchev–Trinajstić information content (AvgIpc) is 3.18. The Morgan fingerprint density at radius 1 is 1.60 bits per heavy atom. The second kappa shape index (κ2) is 6.02. The number of ether oxygens (including phenoxy) is 1. The molecule has 104 valence electrons. The Bertz CT molecular complexity index is 598. The van der Waals surface area contributed by atoms with Crippen molar-refractivity contribution in [2.24, 2.45) is 0 Å². The minimum atomic E-state index is -0.152. The molecule has 0 saturated carbocycles. The van der Waals surface area contributed by atoms with Gasteiger partial charge in [0.1, 0.15) is 0 Å². The van der Waals surface area contributed by atoms with Crippen LogP contribution in [0.5, 0.6) is 0 Å². The summed E-state index contributed by atoms with van der Waals surface area (Å²) in [6.45, 7) is 1.46. The number of amides is 1. The number of carbonyl (C=O) groups is 1. The van der Waals surface area contributed by atoms with Crippen LogP contribution in [0.15, 0.2) is 36.0 Å². The lowest BCUT2D eigenvalue weighted by Crippen LogP contribution is -2.09. The Morgan fingerprint density at radius 3 is 3.30 bits per heavy atom. The fourth-order valence-electron chi connectivity index (χ4n) is 2.06. The zero-order valence-corrected chi connectivity index (χ0v) is 11.7. The van der Waals surface area contributed by atoms with E-state index in [1.807, 2.05) is 28.4 Å². The smallest absolute Gasteiger partial charge is 0.248 e. The highest BCUT2D eigenvalue weighted by Crippen LogP contribution is 2.19. The van der Waals surface area contributed by atoms with Crippen LogP contribution in [0.1, 0.15) is 17.3 Å². The minimum Gasteiger partial charge on any atom is -0.379 e. The van der Waals surface area contributed by atoms with Gasteiger partial charge in [-0.2, -0.15) is 5.10 Å². The number of hydrogen-bond acceptors (Lipinski definition) is 4. The number of carbonyl (C=O) groups excluding carboxylic acids is 1. The molecule has 3 heterocycles. The SMILES string of the molecule is O=C(/C=C/c1cccs1)Nc1cnn(C2CCOC2)c1. The molecule has 0 spiro atoms. The highest BCUT2D eigenvalue weighted by atomic mass is 32.1. The summed E-state index contributed by atoms with van der Waals surface area (Å²) in [5.41, 5.74) is 0.706. The molecule has 1 aliphatic rings. The highest BCUT2D eigenvalue weighted by molar-refractivity contribution is 7.10. The maximum Gasteiger partial charge on any atom is 0.248 e. The van der Waals surface area contributed by atoms with E-state index in [2.05, 4.69) is 10.4 Å². The molecular weight excluding hydrogens is 274 g/mol. The molecule has 2 aromatic heterocycles. The lowest BCUT2D eigenvalue weighted by molar-refractivity contribution is -0.111. The van der Waals surface area contributed by atoms with Crippen LogP contribution in [0, 0.1) is 0 Å². The molecule has 5 nitrogen and oxygen atoms in total. The van der Waals surface area contributed by atoms with Crippen molar-refractivity contribution in [3.05, 3.63) is 40.9 Å². The summed E-state index contributed by atoms with van der Waals surface area (Å²) in [6, 6.07) is 4.20. The summed E-state index contributed by atoms with van der Waals surface area (Å²) in [7, 11) is 0. The molecule has 1 amide bonds. The van der Waals surface area contributed by atoms with Gasteiger partial charge in [0.25, 0.3) is 0 Å². The molecule has 3 rings (SSSR count). The Kier molecular flexibility index (Phi) is 3.94. The zero-order valence-electron chi connectivity index (χ0n) is 10.9. The number of rotatable bonds is 4. The van der Waals surface area contributed by atoms with Crippen LogP contribution in [-0.2, 0) is 9.53 Å². The summed E-state index contributed by atoms with van der Waals surface area (Å²) < 4.78 is 7.18. The van der Waals surface area contributed by atoms with E-state index >= 15 is 0 Å². The maximum absolute atomic E-state index is 11.8. The first-order valence-electron chi connectivity index (χ1n) is 6.46. The highest BCUT2D eigenvalue weighted by Gasteiger charge is 2.18. The van der Waals surface area contributed by atoms with Crippen molar-refractivity contribution in [1.82, 2.24) is 9.78 Å². The van der Waals surface area contributed by atoms with Crippen LogP contribution >= 0.6 is 11.3 Å². The van der Waals surface area contributed by atoms with Gasteiger partial charge in [0.2, 0.25) is 5.91 Å². The molecule has 0 aromatic carbocycles. The van der Waals surface area contributed by atoms with Gasteiger partial charge < -0.3 is 10.1 Å². The maximum atomic E-state index is 11.8. The van der Waals surface area contributed by atoms with Gasteiger partial charge in [0, 0.05) is 23.8 Å². The first-order valence-corrected chi connectivity index (χ1v) is 7.34. The quantitative estimate of drug-likeness (QED) is 0.880. The predicted octanol–water partition coefficient (Wildman–Crippen LogP) is 2.56. The van der Waals surface area contributed by atoms with E-state index in [9.17, 15) is 4.79 Å². The molecule has 0 bridgehead atoms. The Morgan fingerprint density at radius 2 is 2.55 bits per heavy atom. The van der Waals surface area contributed by atoms with Gasteiger partial charge >= 0.3 is 0 Å². The third kappa shape index (κ3) is 3.15. The van der Waals surface area contributed by atoms with Gasteiger partial charge in [-0.15, -0.1) is 11.3 Å². The molecular formula is C14H15N3O2S. The minimum absolute atomic E-state index is 0.152. The fourth-order valence-corrected chi connectivity index (χ4v) is 2.68. The molecule has 0 aliphatic carbocycles. The Labute approximate surface area is 120 Å². The van der Waals surface area contributed by atoms with Gasteiger partial charge in [-0.25, -0.2) is 0 Å². The normalized spacial score (nSPS) is 18.7. The fraction of sp³-hybridized carbons (Fsp3) is 0.286. The van der Waals surface area contributed by atoms with Crippen molar-refractivity contribution in [3.63, 3.8) is 0 Å². The molecule has 1 aliphatic heterocycles. The Balaban J connectivity index is 1.58. The van der Waals surface area contributed by atoms with Crippen molar-refractivity contribution >= 4 is 29.0 Å². The van der Waals surface area contributed by atoms with Crippen molar-refractivity contribution in [1.29, 1.82) is 0 Å². The average molecular weight is 289 g/mol. The van der Waals surface area contributed by atoms with Crippen LogP contribution in [0.2, 0.25) is 0 Å². The van der Waals surface area contributed by atoms with E-state index in [-0.39, 0.29) is 11.9 Å². The lowest BCUT2D eigenvalue weighted by Gasteiger charge is -2.06. The van der Waals surface area contributed by atoms with Gasteiger partial charge in [0.05, 0.1) is 24.5 Å². The first-order chi connectivity index (χ1) is 9.81. The number of hydrogen-bond donors (Lipinski definition) is 1. The molecule has 6 heteroatoms. The van der Waals surface area contributed by atoms with E-state index in [1.165, 1.54) is 6.08 Å². The largest absolute Gasteiger partial charge is 0.379 e. The van der Waals surface area contributed by atoms with Crippen molar-refractivity contribution in [2.45, 2.75) is 12.5 Å². The second-order valence-electron chi connectivity index (χ2n) is 4.56. The number of nitrogens with zero attached hydrogens (tertiary/aromatic N) is 2. The molecule has 1 unspecified atom stereocenters. The zero-order chi connectivity index (χ0) is 13.8. The lowest BCUT2D eigenvalue weighted by atomic mass is 10.3. The van der Waals surface area contributed by atoms with Gasteiger partial charge in [-0.1, -0.05) is 6.07 Å². The summed E-state index contributed by atoms with van der Waals surface area (Å²) in [6.07, 6.45) is 7.80. The molecule has 0 radical (unpaired) electrons. The first kappa shape index (κ1) is 13.1. The molecule has 2 aromatic rings. The van der Waals surface area contributed by atoms with Crippen LogP contribution in [0.3, 0.4) is 0 Å². The summed E-state index contributed by atoms with van der Waals surface area (Å²) in [5.74, 6) is -0.152. The van der Waals surface area contributed by atoms with E-state index in [4.69, 9.17) is 4.74 Å². The molecule has 1 N–H and O–H groups in total. The third-order valence-electron chi connectivity index (χ3n) is 3.09. The van der Waals surface area contributed by atoms with E-state index in [0.717, 1.165) is 17.9 Å². The molecule has 1 atom stereocenters.